The zero-order valence-corrected chi connectivity index (χ0v) is 12.0. The van der Waals surface area contributed by atoms with Crippen LogP contribution in [0.3, 0.4) is 0 Å². The molecule has 0 amide bonds. The molecule has 0 spiro atoms. The molecule has 0 fully saturated rings. The topological polar surface area (TPSA) is 79.9 Å². The SMILES string of the molecule is COc1ccc(Nc2nnc(-c3cccs3)c(=O)[nH]2)cc1. The van der Waals surface area contributed by atoms with Crippen LogP contribution in [0.4, 0.5) is 11.6 Å². The number of methoxy groups -OCH3 is 1. The molecule has 0 aliphatic rings. The van der Waals surface area contributed by atoms with Crippen LogP contribution in [0.25, 0.3) is 10.6 Å². The van der Waals surface area contributed by atoms with Crippen molar-refractivity contribution >= 4 is 23.0 Å². The largest absolute Gasteiger partial charge is 0.497 e. The van der Waals surface area contributed by atoms with Crippen molar-refractivity contribution in [2.45, 2.75) is 0 Å². The molecule has 2 heterocycles. The van der Waals surface area contributed by atoms with E-state index in [2.05, 4.69) is 20.5 Å². The van der Waals surface area contributed by atoms with Crippen LogP contribution in [0.15, 0.2) is 46.6 Å². The number of benzene rings is 1. The van der Waals surface area contributed by atoms with Crippen LogP contribution in [-0.2, 0) is 0 Å². The van der Waals surface area contributed by atoms with Gasteiger partial charge in [0.2, 0.25) is 5.95 Å². The van der Waals surface area contributed by atoms with Crippen molar-refractivity contribution in [1.29, 1.82) is 0 Å². The molecule has 3 aromatic rings. The van der Waals surface area contributed by atoms with Crippen molar-refractivity contribution in [2.75, 3.05) is 12.4 Å². The number of H-pyrrole nitrogens is 1. The second-order valence-electron chi connectivity index (χ2n) is 4.18. The number of aromatic amines is 1. The molecule has 6 nitrogen and oxygen atoms in total. The summed E-state index contributed by atoms with van der Waals surface area (Å²) < 4.78 is 5.08. The Morgan fingerprint density at radius 3 is 2.62 bits per heavy atom. The molecule has 2 aromatic heterocycles. The molecule has 2 N–H and O–H groups in total. The molecule has 0 saturated heterocycles. The smallest absolute Gasteiger partial charge is 0.280 e. The summed E-state index contributed by atoms with van der Waals surface area (Å²) in [5.41, 5.74) is 0.832. The fourth-order valence-electron chi connectivity index (χ4n) is 1.78. The molecule has 21 heavy (non-hydrogen) atoms. The van der Waals surface area contributed by atoms with Crippen molar-refractivity contribution < 1.29 is 4.74 Å². The number of nitrogens with one attached hydrogen (secondary N) is 2. The van der Waals surface area contributed by atoms with Gasteiger partial charge in [0, 0.05) is 5.69 Å². The highest BCUT2D eigenvalue weighted by Gasteiger charge is 2.08. The van der Waals surface area contributed by atoms with Crippen LogP contribution in [0, 0.1) is 0 Å². The highest BCUT2D eigenvalue weighted by molar-refractivity contribution is 7.13. The predicted molar refractivity (Wildman–Crippen MR) is 82.2 cm³/mol. The Bertz CT molecular complexity index is 781. The van der Waals surface area contributed by atoms with Crippen LogP contribution < -0.4 is 15.6 Å². The highest BCUT2D eigenvalue weighted by Crippen LogP contribution is 2.20. The van der Waals surface area contributed by atoms with Crippen LogP contribution >= 0.6 is 11.3 Å². The van der Waals surface area contributed by atoms with Crippen molar-refractivity contribution in [3.8, 4) is 16.3 Å². The second-order valence-corrected chi connectivity index (χ2v) is 5.13. The van der Waals surface area contributed by atoms with E-state index in [1.165, 1.54) is 11.3 Å². The minimum atomic E-state index is -0.275. The Morgan fingerprint density at radius 2 is 2.00 bits per heavy atom. The Hall–Kier alpha value is -2.67. The first-order chi connectivity index (χ1) is 10.3. The third kappa shape index (κ3) is 2.92. The maximum Gasteiger partial charge on any atom is 0.280 e. The average Bonchev–Trinajstić information content (AvgIpc) is 3.02. The van der Waals surface area contributed by atoms with Gasteiger partial charge in [-0.3, -0.25) is 9.78 Å². The lowest BCUT2D eigenvalue weighted by Gasteiger charge is -2.06. The second kappa shape index (κ2) is 5.76. The van der Waals surface area contributed by atoms with E-state index in [-0.39, 0.29) is 5.56 Å². The molecule has 3 rings (SSSR count). The van der Waals surface area contributed by atoms with Gasteiger partial charge in [0.25, 0.3) is 5.56 Å². The Morgan fingerprint density at radius 1 is 1.19 bits per heavy atom. The van der Waals surface area contributed by atoms with Gasteiger partial charge in [0.05, 0.1) is 12.0 Å². The number of ether oxygens (including phenoxy) is 1. The molecule has 0 bridgehead atoms. The van der Waals surface area contributed by atoms with Gasteiger partial charge >= 0.3 is 0 Å². The summed E-state index contributed by atoms with van der Waals surface area (Å²) in [6.07, 6.45) is 0. The van der Waals surface area contributed by atoms with Crippen molar-refractivity contribution in [1.82, 2.24) is 15.2 Å². The zero-order valence-electron chi connectivity index (χ0n) is 11.2. The van der Waals surface area contributed by atoms with E-state index in [0.29, 0.717) is 11.6 Å². The van der Waals surface area contributed by atoms with Gasteiger partial charge in [-0.1, -0.05) is 6.07 Å². The minimum absolute atomic E-state index is 0.275. The lowest BCUT2D eigenvalue weighted by molar-refractivity contribution is 0.415. The van der Waals surface area contributed by atoms with E-state index in [1.807, 2.05) is 41.8 Å². The number of hydrogen-bond acceptors (Lipinski definition) is 6. The molecule has 0 saturated carbocycles. The third-order valence-corrected chi connectivity index (χ3v) is 3.68. The summed E-state index contributed by atoms with van der Waals surface area (Å²) in [6.45, 7) is 0. The molecule has 0 aliphatic carbocycles. The van der Waals surface area contributed by atoms with Gasteiger partial charge < -0.3 is 10.1 Å². The van der Waals surface area contributed by atoms with Crippen LogP contribution in [0.2, 0.25) is 0 Å². The normalized spacial score (nSPS) is 10.3. The number of aromatic nitrogens is 3. The van der Waals surface area contributed by atoms with Gasteiger partial charge in [0.15, 0.2) is 5.69 Å². The van der Waals surface area contributed by atoms with E-state index in [4.69, 9.17) is 4.74 Å². The van der Waals surface area contributed by atoms with Crippen LogP contribution in [0.1, 0.15) is 0 Å². The first-order valence-corrected chi connectivity index (χ1v) is 7.06. The molecule has 0 aliphatic heterocycles. The Balaban J connectivity index is 1.83. The lowest BCUT2D eigenvalue weighted by atomic mass is 10.3. The molecule has 106 valence electrons. The van der Waals surface area contributed by atoms with Crippen LogP contribution in [-0.4, -0.2) is 22.3 Å². The van der Waals surface area contributed by atoms with Gasteiger partial charge in [-0.05, 0) is 35.7 Å². The maximum absolute atomic E-state index is 12.0. The number of nitrogens with zero attached hydrogens (tertiary/aromatic N) is 2. The Labute approximate surface area is 124 Å². The van der Waals surface area contributed by atoms with Crippen LogP contribution in [0.5, 0.6) is 5.75 Å². The van der Waals surface area contributed by atoms with E-state index in [0.717, 1.165) is 16.3 Å². The van der Waals surface area contributed by atoms with E-state index in [9.17, 15) is 4.79 Å². The number of anilines is 2. The van der Waals surface area contributed by atoms with Gasteiger partial charge in [-0.25, -0.2) is 0 Å². The third-order valence-electron chi connectivity index (χ3n) is 2.80. The molecule has 7 heteroatoms. The summed E-state index contributed by atoms with van der Waals surface area (Å²) in [7, 11) is 1.61. The summed E-state index contributed by atoms with van der Waals surface area (Å²) in [5, 5.41) is 12.8. The van der Waals surface area contributed by atoms with Crippen molar-refractivity contribution in [3.05, 3.63) is 52.1 Å². The monoisotopic (exact) mass is 300 g/mol. The molecule has 0 radical (unpaired) electrons. The molecular formula is C14H12N4O2S. The molecular weight excluding hydrogens is 288 g/mol. The fraction of sp³-hybridized carbons (Fsp3) is 0.0714. The van der Waals surface area contributed by atoms with Crippen molar-refractivity contribution in [3.63, 3.8) is 0 Å². The van der Waals surface area contributed by atoms with Gasteiger partial charge in [-0.15, -0.1) is 21.5 Å². The zero-order chi connectivity index (χ0) is 14.7. The average molecular weight is 300 g/mol. The summed E-state index contributed by atoms with van der Waals surface area (Å²) in [6, 6.07) is 11.0. The predicted octanol–water partition coefficient (Wildman–Crippen LogP) is 2.65. The number of rotatable bonds is 4. The van der Waals surface area contributed by atoms with E-state index in [1.54, 1.807) is 7.11 Å². The maximum atomic E-state index is 12.0. The van der Waals surface area contributed by atoms with E-state index < -0.39 is 0 Å². The summed E-state index contributed by atoms with van der Waals surface area (Å²) >= 11 is 1.45. The van der Waals surface area contributed by atoms with Gasteiger partial charge in [0.1, 0.15) is 5.75 Å². The van der Waals surface area contributed by atoms with E-state index >= 15 is 0 Å². The quantitative estimate of drug-likeness (QED) is 0.774. The minimum Gasteiger partial charge on any atom is -0.497 e. The van der Waals surface area contributed by atoms with Gasteiger partial charge in [-0.2, -0.15) is 0 Å². The number of thiophene rings is 1. The van der Waals surface area contributed by atoms with Crippen molar-refractivity contribution in [2.24, 2.45) is 0 Å². The highest BCUT2D eigenvalue weighted by atomic mass is 32.1. The molecule has 0 unspecified atom stereocenters. The molecule has 1 aromatic carbocycles. The Kier molecular flexibility index (Phi) is 3.65. The molecule has 0 atom stereocenters. The first-order valence-electron chi connectivity index (χ1n) is 6.18. The summed E-state index contributed by atoms with van der Waals surface area (Å²) in [4.78, 5) is 15.5. The lowest BCUT2D eigenvalue weighted by Crippen LogP contribution is -2.15. The summed E-state index contributed by atoms with van der Waals surface area (Å²) in [5.74, 6) is 1.05. The number of hydrogen-bond donors (Lipinski definition) is 2. The standard InChI is InChI=1S/C14H12N4O2S/c1-20-10-6-4-9(5-7-10)15-14-16-13(19)12(17-18-14)11-3-2-8-21-11/h2-8H,1H3,(H2,15,16,18,19). The first kappa shape index (κ1) is 13.3. The fourth-order valence-corrected chi connectivity index (χ4v) is 2.48.